The second-order valence-corrected chi connectivity index (χ2v) is 6.28. The highest BCUT2D eigenvalue weighted by atomic mass is 16.3. The van der Waals surface area contributed by atoms with Crippen molar-refractivity contribution in [2.75, 3.05) is 4.90 Å². The van der Waals surface area contributed by atoms with Gasteiger partial charge in [-0.05, 0) is 43.3 Å². The lowest BCUT2D eigenvalue weighted by Gasteiger charge is -2.21. The van der Waals surface area contributed by atoms with E-state index in [4.69, 9.17) is 8.83 Å². The van der Waals surface area contributed by atoms with Gasteiger partial charge in [-0.15, -0.1) is 0 Å². The summed E-state index contributed by atoms with van der Waals surface area (Å²) in [7, 11) is 0. The fraction of sp³-hybridized carbons (Fsp3) is 0.0909. The van der Waals surface area contributed by atoms with Gasteiger partial charge in [0.05, 0.1) is 18.2 Å². The number of fused-ring (bicyclic) bond motifs is 1. The van der Waals surface area contributed by atoms with Gasteiger partial charge in [0.15, 0.2) is 11.2 Å². The molecule has 2 heterocycles. The highest BCUT2D eigenvalue weighted by molar-refractivity contribution is 6.04. The number of para-hydroxylation sites is 1. The number of rotatable bonds is 4. The van der Waals surface area contributed by atoms with Gasteiger partial charge in [0, 0.05) is 11.8 Å². The van der Waals surface area contributed by atoms with Gasteiger partial charge in [-0.3, -0.25) is 14.5 Å². The topological polar surface area (TPSA) is 63.7 Å². The van der Waals surface area contributed by atoms with Crippen LogP contribution in [-0.4, -0.2) is 5.91 Å². The van der Waals surface area contributed by atoms with Crippen LogP contribution in [0, 0.1) is 6.92 Å². The highest BCUT2D eigenvalue weighted by Crippen LogP contribution is 2.22. The van der Waals surface area contributed by atoms with Crippen LogP contribution < -0.4 is 10.3 Å². The van der Waals surface area contributed by atoms with Gasteiger partial charge in [0.2, 0.25) is 0 Å². The predicted molar refractivity (Wildman–Crippen MR) is 103 cm³/mol. The van der Waals surface area contributed by atoms with Crippen LogP contribution in [0.3, 0.4) is 0 Å². The number of hydrogen-bond acceptors (Lipinski definition) is 4. The first-order valence-corrected chi connectivity index (χ1v) is 8.55. The molecular formula is C22H17NO4. The second-order valence-electron chi connectivity index (χ2n) is 6.28. The third-order valence-electron chi connectivity index (χ3n) is 4.33. The highest BCUT2D eigenvalue weighted by Gasteiger charge is 2.22. The largest absolute Gasteiger partial charge is 0.467 e. The van der Waals surface area contributed by atoms with Crippen molar-refractivity contribution < 1.29 is 13.6 Å². The molecule has 2 aromatic heterocycles. The summed E-state index contributed by atoms with van der Waals surface area (Å²) in [6.07, 6.45) is 1.56. The maximum atomic E-state index is 13.2. The summed E-state index contributed by atoms with van der Waals surface area (Å²) >= 11 is 0. The Balaban J connectivity index is 1.78. The van der Waals surface area contributed by atoms with Crippen molar-refractivity contribution in [3.05, 3.63) is 100 Å². The summed E-state index contributed by atoms with van der Waals surface area (Å²) in [6, 6.07) is 19.2. The number of carbonyl (C=O) groups is 1. The molecule has 4 aromatic rings. The normalized spacial score (nSPS) is 10.9. The molecule has 0 spiro atoms. The number of benzene rings is 2. The first-order valence-electron chi connectivity index (χ1n) is 8.55. The molecule has 0 atom stereocenters. The number of furan rings is 1. The van der Waals surface area contributed by atoms with Gasteiger partial charge >= 0.3 is 0 Å². The second kappa shape index (κ2) is 6.96. The van der Waals surface area contributed by atoms with Crippen LogP contribution in [0.2, 0.25) is 0 Å². The van der Waals surface area contributed by atoms with Gasteiger partial charge in [0.25, 0.3) is 5.91 Å². The fourth-order valence-corrected chi connectivity index (χ4v) is 2.91. The number of hydrogen-bond donors (Lipinski definition) is 0. The van der Waals surface area contributed by atoms with Crippen molar-refractivity contribution in [2.45, 2.75) is 13.5 Å². The molecule has 134 valence electrons. The zero-order valence-electron chi connectivity index (χ0n) is 14.7. The molecule has 0 aliphatic rings. The molecule has 0 N–H and O–H groups in total. The predicted octanol–water partition coefficient (Wildman–Crippen LogP) is 4.54. The molecule has 4 rings (SSSR count). The van der Waals surface area contributed by atoms with E-state index in [0.717, 1.165) is 5.56 Å². The summed E-state index contributed by atoms with van der Waals surface area (Å²) in [5, 5.41) is 0.446. The molecule has 0 saturated heterocycles. The van der Waals surface area contributed by atoms with E-state index in [1.165, 1.54) is 11.0 Å². The molecule has 5 nitrogen and oxygen atoms in total. The van der Waals surface area contributed by atoms with Crippen molar-refractivity contribution in [1.29, 1.82) is 0 Å². The molecular weight excluding hydrogens is 342 g/mol. The van der Waals surface area contributed by atoms with Crippen LogP contribution >= 0.6 is 0 Å². The Labute approximate surface area is 155 Å². The number of carbonyl (C=O) groups excluding carboxylic acids is 1. The summed E-state index contributed by atoms with van der Waals surface area (Å²) in [6.45, 7) is 2.20. The minimum Gasteiger partial charge on any atom is -0.467 e. The van der Waals surface area contributed by atoms with Crippen molar-refractivity contribution in [3.63, 3.8) is 0 Å². The number of aryl methyl sites for hydroxylation is 1. The molecule has 0 unspecified atom stereocenters. The lowest BCUT2D eigenvalue weighted by atomic mass is 10.2. The first-order chi connectivity index (χ1) is 13.1. The fourth-order valence-electron chi connectivity index (χ4n) is 2.91. The van der Waals surface area contributed by atoms with Crippen molar-refractivity contribution in [3.8, 4) is 0 Å². The van der Waals surface area contributed by atoms with Gasteiger partial charge in [-0.1, -0.05) is 29.8 Å². The van der Waals surface area contributed by atoms with E-state index in [2.05, 4.69) is 0 Å². The molecule has 0 fully saturated rings. The van der Waals surface area contributed by atoms with E-state index in [1.54, 1.807) is 42.7 Å². The molecule has 0 radical (unpaired) electrons. The number of anilines is 1. The van der Waals surface area contributed by atoms with Crippen LogP contribution in [0.4, 0.5) is 5.69 Å². The SMILES string of the molecule is Cc1ccc(N(Cc2ccco2)C(=O)c2cc(=O)c3ccccc3o2)cc1. The molecule has 0 aliphatic carbocycles. The number of nitrogens with zero attached hydrogens (tertiary/aromatic N) is 1. The first kappa shape index (κ1) is 16.8. The van der Waals surface area contributed by atoms with Gasteiger partial charge < -0.3 is 8.83 Å². The third kappa shape index (κ3) is 3.40. The summed E-state index contributed by atoms with van der Waals surface area (Å²) < 4.78 is 11.1. The summed E-state index contributed by atoms with van der Waals surface area (Å²) in [5.74, 6) is 0.219. The maximum absolute atomic E-state index is 13.2. The van der Waals surface area contributed by atoms with Crippen LogP contribution in [0.25, 0.3) is 11.0 Å². The average Bonchev–Trinajstić information content (AvgIpc) is 3.20. The molecule has 2 aromatic carbocycles. The molecule has 0 bridgehead atoms. The molecule has 27 heavy (non-hydrogen) atoms. The Bertz CT molecular complexity index is 1140. The van der Waals surface area contributed by atoms with E-state index >= 15 is 0 Å². The van der Waals surface area contributed by atoms with E-state index < -0.39 is 5.91 Å². The third-order valence-corrected chi connectivity index (χ3v) is 4.33. The van der Waals surface area contributed by atoms with E-state index in [1.807, 2.05) is 31.2 Å². The number of amides is 1. The zero-order chi connectivity index (χ0) is 18.8. The van der Waals surface area contributed by atoms with Gasteiger partial charge in [0.1, 0.15) is 11.3 Å². The van der Waals surface area contributed by atoms with Crippen LogP contribution in [0.5, 0.6) is 0 Å². The Morgan fingerprint density at radius 2 is 1.78 bits per heavy atom. The lowest BCUT2D eigenvalue weighted by molar-refractivity contribution is 0.0957. The Morgan fingerprint density at radius 3 is 2.52 bits per heavy atom. The summed E-state index contributed by atoms with van der Waals surface area (Å²) in [5.41, 5.74) is 1.91. The van der Waals surface area contributed by atoms with Crippen molar-refractivity contribution >= 4 is 22.6 Å². The lowest BCUT2D eigenvalue weighted by Crippen LogP contribution is -2.31. The average molecular weight is 359 g/mol. The molecule has 5 heteroatoms. The van der Waals surface area contributed by atoms with E-state index in [-0.39, 0.29) is 17.7 Å². The minimum atomic E-state index is -0.405. The van der Waals surface area contributed by atoms with Gasteiger partial charge in [-0.2, -0.15) is 0 Å². The van der Waals surface area contributed by atoms with Gasteiger partial charge in [-0.25, -0.2) is 0 Å². The van der Waals surface area contributed by atoms with Crippen molar-refractivity contribution in [2.24, 2.45) is 0 Å². The Morgan fingerprint density at radius 1 is 1.00 bits per heavy atom. The van der Waals surface area contributed by atoms with Crippen LogP contribution in [-0.2, 0) is 6.54 Å². The van der Waals surface area contributed by atoms with Crippen molar-refractivity contribution in [1.82, 2.24) is 0 Å². The quantitative estimate of drug-likeness (QED) is 0.536. The minimum absolute atomic E-state index is 0.00849. The van der Waals surface area contributed by atoms with Crippen LogP contribution in [0.1, 0.15) is 21.9 Å². The smallest absolute Gasteiger partial charge is 0.294 e. The van der Waals surface area contributed by atoms with E-state index in [9.17, 15) is 9.59 Å². The summed E-state index contributed by atoms with van der Waals surface area (Å²) in [4.78, 5) is 27.1. The Hall–Kier alpha value is -3.60. The standard InChI is InChI=1S/C22H17NO4/c1-15-8-10-16(11-9-15)23(14-17-5-4-12-26-17)22(25)21-13-19(24)18-6-2-3-7-20(18)27-21/h2-13H,14H2,1H3. The molecule has 1 amide bonds. The monoisotopic (exact) mass is 359 g/mol. The molecule has 0 aliphatic heterocycles. The zero-order valence-corrected chi connectivity index (χ0v) is 14.7. The van der Waals surface area contributed by atoms with E-state index in [0.29, 0.717) is 22.4 Å². The van der Waals surface area contributed by atoms with Crippen LogP contribution in [0.15, 0.2) is 86.6 Å². The molecule has 0 saturated carbocycles. The Kier molecular flexibility index (Phi) is 4.34. The maximum Gasteiger partial charge on any atom is 0.294 e.